The molecule has 0 spiro atoms. The third-order valence-electron chi connectivity index (χ3n) is 4.86. The Morgan fingerprint density at radius 1 is 1.19 bits per heavy atom. The van der Waals surface area contributed by atoms with Crippen molar-refractivity contribution in [2.75, 3.05) is 12.4 Å². The summed E-state index contributed by atoms with van der Waals surface area (Å²) in [6.07, 6.45) is 1.26. The molecular formula is C23H22N4O4. The van der Waals surface area contributed by atoms with Crippen molar-refractivity contribution in [3.05, 3.63) is 70.3 Å². The van der Waals surface area contributed by atoms with Crippen molar-refractivity contribution in [2.24, 2.45) is 0 Å². The summed E-state index contributed by atoms with van der Waals surface area (Å²) in [6, 6.07) is 14.7. The van der Waals surface area contributed by atoms with Crippen LogP contribution < -0.4 is 15.6 Å². The van der Waals surface area contributed by atoms with E-state index in [2.05, 4.69) is 20.4 Å². The van der Waals surface area contributed by atoms with Crippen LogP contribution in [0.4, 0.5) is 5.69 Å². The highest BCUT2D eigenvalue weighted by molar-refractivity contribution is 5.90. The minimum Gasteiger partial charge on any atom is -0.497 e. The molecule has 2 aromatic carbocycles. The molecule has 0 aliphatic carbocycles. The lowest BCUT2D eigenvalue weighted by atomic mass is 10.1. The van der Waals surface area contributed by atoms with E-state index in [1.54, 1.807) is 25.3 Å². The van der Waals surface area contributed by atoms with Crippen molar-refractivity contribution >= 4 is 22.5 Å². The molecule has 2 N–H and O–H groups in total. The number of aryl methyl sites for hydroxylation is 2. The number of anilines is 1. The topological polar surface area (TPSA) is 110 Å². The van der Waals surface area contributed by atoms with Gasteiger partial charge in [-0.05, 0) is 49.1 Å². The number of methoxy groups -OCH3 is 1. The molecule has 2 heterocycles. The van der Waals surface area contributed by atoms with E-state index in [0.29, 0.717) is 42.2 Å². The van der Waals surface area contributed by atoms with Gasteiger partial charge in [-0.25, -0.2) is 0 Å². The molecule has 0 radical (unpaired) electrons. The second-order valence-corrected chi connectivity index (χ2v) is 7.25. The van der Waals surface area contributed by atoms with Crippen molar-refractivity contribution in [2.45, 2.75) is 26.2 Å². The second kappa shape index (κ2) is 8.83. The van der Waals surface area contributed by atoms with E-state index < -0.39 is 0 Å². The van der Waals surface area contributed by atoms with Crippen LogP contribution in [0.15, 0.2) is 57.8 Å². The van der Waals surface area contributed by atoms with E-state index in [-0.39, 0.29) is 17.3 Å². The number of fused-ring (bicyclic) bond motifs is 1. The highest BCUT2D eigenvalue weighted by Crippen LogP contribution is 2.20. The number of pyridine rings is 1. The van der Waals surface area contributed by atoms with Gasteiger partial charge in [0, 0.05) is 30.1 Å². The number of aromatic amines is 1. The van der Waals surface area contributed by atoms with Gasteiger partial charge in [-0.2, -0.15) is 4.98 Å². The van der Waals surface area contributed by atoms with Crippen LogP contribution in [0.3, 0.4) is 0 Å². The van der Waals surface area contributed by atoms with Gasteiger partial charge in [-0.1, -0.05) is 22.9 Å². The molecule has 0 fully saturated rings. The minimum absolute atomic E-state index is 0.116. The van der Waals surface area contributed by atoms with Crippen LogP contribution >= 0.6 is 0 Å². The van der Waals surface area contributed by atoms with Gasteiger partial charge >= 0.3 is 0 Å². The van der Waals surface area contributed by atoms with E-state index in [4.69, 9.17) is 9.26 Å². The molecule has 8 heteroatoms. The Kier molecular flexibility index (Phi) is 5.79. The Hall–Kier alpha value is -3.94. The zero-order valence-electron chi connectivity index (χ0n) is 17.3. The number of H-pyrrole nitrogens is 1. The van der Waals surface area contributed by atoms with Crippen LogP contribution in [0.1, 0.15) is 24.3 Å². The van der Waals surface area contributed by atoms with E-state index in [1.165, 1.54) is 0 Å². The number of rotatable bonds is 7. The molecule has 0 aliphatic heterocycles. The van der Waals surface area contributed by atoms with E-state index in [1.807, 2.05) is 37.3 Å². The van der Waals surface area contributed by atoms with E-state index >= 15 is 0 Å². The molecular weight excluding hydrogens is 396 g/mol. The Morgan fingerprint density at radius 2 is 2.06 bits per heavy atom. The monoisotopic (exact) mass is 418 g/mol. The van der Waals surface area contributed by atoms with Gasteiger partial charge in [-0.3, -0.25) is 9.59 Å². The van der Waals surface area contributed by atoms with Crippen LogP contribution in [0.2, 0.25) is 0 Å². The number of hydrogen-bond acceptors (Lipinski definition) is 6. The maximum absolute atomic E-state index is 12.4. The number of ether oxygens (including phenoxy) is 1. The van der Waals surface area contributed by atoms with Gasteiger partial charge in [0.2, 0.25) is 17.6 Å². The van der Waals surface area contributed by atoms with Crippen molar-refractivity contribution in [1.29, 1.82) is 0 Å². The minimum atomic E-state index is -0.277. The number of benzene rings is 2. The Balaban J connectivity index is 1.38. The van der Waals surface area contributed by atoms with Crippen LogP contribution in [-0.4, -0.2) is 28.1 Å². The van der Waals surface area contributed by atoms with Crippen LogP contribution in [0, 0.1) is 6.92 Å². The average Bonchev–Trinajstić information content (AvgIpc) is 3.22. The largest absolute Gasteiger partial charge is 0.497 e. The number of nitrogens with zero attached hydrogens (tertiary/aromatic N) is 2. The number of aromatic nitrogens is 3. The molecule has 0 saturated heterocycles. The molecule has 0 unspecified atom stereocenters. The first-order valence-corrected chi connectivity index (χ1v) is 9.92. The number of amides is 1. The SMILES string of the molecule is COc1cccc(NC(=O)CCCc2nc(-c3cc4cc(C)ccc4[nH]c3=O)no2)c1. The summed E-state index contributed by atoms with van der Waals surface area (Å²) in [4.78, 5) is 31.7. The number of hydrogen-bond donors (Lipinski definition) is 2. The highest BCUT2D eigenvalue weighted by atomic mass is 16.5. The fourth-order valence-corrected chi connectivity index (χ4v) is 3.28. The molecule has 0 bridgehead atoms. The number of carbonyl (C=O) groups excluding carboxylic acids is 1. The van der Waals surface area contributed by atoms with Gasteiger partial charge in [0.15, 0.2) is 0 Å². The molecule has 158 valence electrons. The summed E-state index contributed by atoms with van der Waals surface area (Å²) in [6.45, 7) is 1.99. The predicted octanol–water partition coefficient (Wildman–Crippen LogP) is 3.86. The molecule has 0 atom stereocenters. The fraction of sp³-hybridized carbons (Fsp3) is 0.217. The van der Waals surface area contributed by atoms with Crippen LogP contribution in [0.5, 0.6) is 5.75 Å². The van der Waals surface area contributed by atoms with Crippen molar-refractivity contribution in [1.82, 2.24) is 15.1 Å². The summed E-state index contributed by atoms with van der Waals surface area (Å²) < 4.78 is 10.4. The number of nitrogens with one attached hydrogen (secondary N) is 2. The lowest BCUT2D eigenvalue weighted by molar-refractivity contribution is -0.116. The second-order valence-electron chi connectivity index (χ2n) is 7.25. The molecule has 8 nitrogen and oxygen atoms in total. The van der Waals surface area contributed by atoms with Crippen LogP contribution in [-0.2, 0) is 11.2 Å². The first kappa shape index (κ1) is 20.3. The zero-order valence-corrected chi connectivity index (χ0v) is 17.3. The summed E-state index contributed by atoms with van der Waals surface area (Å²) in [5.41, 5.74) is 2.59. The molecule has 4 aromatic rings. The van der Waals surface area contributed by atoms with Crippen molar-refractivity contribution < 1.29 is 14.1 Å². The molecule has 1 amide bonds. The van der Waals surface area contributed by atoms with Crippen LogP contribution in [0.25, 0.3) is 22.3 Å². The Labute approximate surface area is 178 Å². The molecule has 2 aromatic heterocycles. The third kappa shape index (κ3) is 4.80. The summed E-state index contributed by atoms with van der Waals surface area (Å²) >= 11 is 0. The highest BCUT2D eigenvalue weighted by Gasteiger charge is 2.14. The first-order chi connectivity index (χ1) is 15.0. The van der Waals surface area contributed by atoms with Crippen molar-refractivity contribution in [3.8, 4) is 17.1 Å². The van der Waals surface area contributed by atoms with Gasteiger partial charge in [-0.15, -0.1) is 0 Å². The van der Waals surface area contributed by atoms with Gasteiger partial charge < -0.3 is 19.6 Å². The normalized spacial score (nSPS) is 10.9. The predicted molar refractivity (Wildman–Crippen MR) is 117 cm³/mol. The third-order valence-corrected chi connectivity index (χ3v) is 4.86. The van der Waals surface area contributed by atoms with E-state index in [9.17, 15) is 9.59 Å². The summed E-state index contributed by atoms with van der Waals surface area (Å²) in [5, 5.41) is 7.67. The zero-order chi connectivity index (χ0) is 21.8. The van der Waals surface area contributed by atoms with Crippen molar-refractivity contribution in [3.63, 3.8) is 0 Å². The molecule has 0 aliphatic rings. The maximum Gasteiger partial charge on any atom is 0.259 e. The number of carbonyl (C=O) groups is 1. The maximum atomic E-state index is 12.4. The molecule has 31 heavy (non-hydrogen) atoms. The van der Waals surface area contributed by atoms with E-state index in [0.717, 1.165) is 16.5 Å². The average molecular weight is 418 g/mol. The lowest BCUT2D eigenvalue weighted by Crippen LogP contribution is -2.11. The summed E-state index contributed by atoms with van der Waals surface area (Å²) in [5.74, 6) is 1.18. The smallest absolute Gasteiger partial charge is 0.259 e. The fourth-order valence-electron chi connectivity index (χ4n) is 3.28. The Morgan fingerprint density at radius 3 is 2.90 bits per heavy atom. The summed E-state index contributed by atoms with van der Waals surface area (Å²) in [7, 11) is 1.58. The molecule has 0 saturated carbocycles. The van der Waals surface area contributed by atoms with Gasteiger partial charge in [0.25, 0.3) is 5.56 Å². The quantitative estimate of drug-likeness (QED) is 0.472. The standard InChI is InChI=1S/C23H22N4O4/c1-14-9-10-19-15(11-14)12-18(23(29)25-19)22-26-21(31-27-22)8-4-7-20(28)24-16-5-3-6-17(13-16)30-2/h3,5-6,9-13H,4,7-8H2,1-2H3,(H,24,28)(H,25,29). The van der Waals surface area contributed by atoms with Gasteiger partial charge in [0.05, 0.1) is 12.7 Å². The first-order valence-electron chi connectivity index (χ1n) is 9.92. The molecule has 4 rings (SSSR count). The Bertz CT molecular complexity index is 1290. The lowest BCUT2D eigenvalue weighted by Gasteiger charge is -2.06. The van der Waals surface area contributed by atoms with Gasteiger partial charge in [0.1, 0.15) is 5.75 Å².